The lowest BCUT2D eigenvalue weighted by atomic mass is 10.1. The van der Waals surface area contributed by atoms with Gasteiger partial charge in [-0.05, 0) is 42.7 Å². The van der Waals surface area contributed by atoms with Crippen molar-refractivity contribution in [2.75, 3.05) is 5.32 Å². The Hall–Kier alpha value is -1.94. The second-order valence-corrected chi connectivity index (χ2v) is 4.68. The van der Waals surface area contributed by atoms with Crippen LogP contribution in [0.3, 0.4) is 0 Å². The van der Waals surface area contributed by atoms with Gasteiger partial charge in [-0.25, -0.2) is 4.98 Å². The molecule has 0 fully saturated rings. The zero-order chi connectivity index (χ0) is 14.2. The number of aryl methyl sites for hydroxylation is 1. The van der Waals surface area contributed by atoms with Gasteiger partial charge >= 0.3 is 0 Å². The Morgan fingerprint density at radius 3 is 2.71 bits per heavy atom. The molecule has 0 aliphatic rings. The lowest BCUT2D eigenvalue weighted by Crippen LogP contribution is -2.14. The molecule has 4 nitrogen and oxygen atoms in total. The van der Waals surface area contributed by atoms with E-state index in [0.29, 0.717) is 11.5 Å². The molecule has 2 rings (SSSR count). The number of carbonyl (C=O) groups is 1. The Labute approximate surface area is 131 Å². The minimum absolute atomic E-state index is 0. The molecule has 1 N–H and O–H groups in total. The number of hydrogen-bond acceptors (Lipinski definition) is 3. The van der Waals surface area contributed by atoms with Crippen LogP contribution in [-0.4, -0.2) is 15.9 Å². The average molecular weight is 306 g/mol. The van der Waals surface area contributed by atoms with Gasteiger partial charge in [0.05, 0.1) is 0 Å². The fourth-order valence-corrected chi connectivity index (χ4v) is 1.95. The molecule has 0 saturated carbocycles. The van der Waals surface area contributed by atoms with Gasteiger partial charge in [0.25, 0.3) is 5.91 Å². The highest BCUT2D eigenvalue weighted by atomic mass is 35.5. The van der Waals surface area contributed by atoms with Crippen LogP contribution in [0.1, 0.15) is 42.2 Å². The predicted octanol–water partition coefficient (Wildman–Crippen LogP) is 3.88. The maximum absolute atomic E-state index is 12.1. The van der Waals surface area contributed by atoms with E-state index < -0.39 is 0 Å². The van der Waals surface area contributed by atoms with Crippen LogP contribution >= 0.6 is 12.4 Å². The van der Waals surface area contributed by atoms with Crippen molar-refractivity contribution in [2.45, 2.75) is 32.6 Å². The van der Waals surface area contributed by atoms with Gasteiger partial charge in [0.15, 0.2) is 0 Å². The van der Waals surface area contributed by atoms with Gasteiger partial charge in [-0.15, -0.1) is 12.4 Å². The van der Waals surface area contributed by atoms with Crippen molar-refractivity contribution >= 4 is 24.1 Å². The number of anilines is 1. The molecule has 2 aromatic rings. The molecule has 0 bridgehead atoms. The third-order valence-corrected chi connectivity index (χ3v) is 3.03. The lowest BCUT2D eigenvalue weighted by molar-refractivity contribution is 0.102. The molecule has 2 heterocycles. The van der Waals surface area contributed by atoms with E-state index in [1.165, 1.54) is 12.8 Å². The highest BCUT2D eigenvalue weighted by Gasteiger charge is 2.08. The zero-order valence-electron chi connectivity index (χ0n) is 12.1. The minimum Gasteiger partial charge on any atom is -0.305 e. The fraction of sp³-hybridized carbons (Fsp3) is 0.312. The van der Waals surface area contributed by atoms with Gasteiger partial charge in [0.1, 0.15) is 11.5 Å². The summed E-state index contributed by atoms with van der Waals surface area (Å²) in [7, 11) is 0. The summed E-state index contributed by atoms with van der Waals surface area (Å²) in [6.45, 7) is 2.18. The fourth-order valence-electron chi connectivity index (χ4n) is 1.95. The Bertz CT molecular complexity index is 560. The van der Waals surface area contributed by atoms with Crippen molar-refractivity contribution in [1.29, 1.82) is 0 Å². The molecule has 21 heavy (non-hydrogen) atoms. The largest absolute Gasteiger partial charge is 0.305 e. The first-order chi connectivity index (χ1) is 9.79. The van der Waals surface area contributed by atoms with E-state index in [1.807, 2.05) is 24.3 Å². The summed E-state index contributed by atoms with van der Waals surface area (Å²) in [4.78, 5) is 20.3. The second-order valence-electron chi connectivity index (χ2n) is 4.68. The first-order valence-electron chi connectivity index (χ1n) is 6.97. The van der Waals surface area contributed by atoms with Crippen LogP contribution in [0.5, 0.6) is 0 Å². The first kappa shape index (κ1) is 17.1. The molecule has 2 aromatic heterocycles. The van der Waals surface area contributed by atoms with E-state index in [2.05, 4.69) is 22.2 Å². The molecule has 0 aromatic carbocycles. The van der Waals surface area contributed by atoms with Crippen molar-refractivity contribution < 1.29 is 4.79 Å². The van der Waals surface area contributed by atoms with Gasteiger partial charge in [-0.2, -0.15) is 0 Å². The molecule has 0 unspecified atom stereocenters. The number of aromatic nitrogens is 2. The average Bonchev–Trinajstić information content (AvgIpc) is 2.49. The highest BCUT2D eigenvalue weighted by molar-refractivity contribution is 6.02. The third-order valence-electron chi connectivity index (χ3n) is 3.03. The van der Waals surface area contributed by atoms with E-state index in [-0.39, 0.29) is 18.3 Å². The van der Waals surface area contributed by atoms with Crippen LogP contribution in [0, 0.1) is 0 Å². The summed E-state index contributed by atoms with van der Waals surface area (Å²) >= 11 is 0. The topological polar surface area (TPSA) is 54.9 Å². The van der Waals surface area contributed by atoms with Crippen LogP contribution in [0.25, 0.3) is 0 Å². The Morgan fingerprint density at radius 2 is 2.00 bits per heavy atom. The summed E-state index contributed by atoms with van der Waals surface area (Å²) < 4.78 is 0. The molecule has 0 aliphatic heterocycles. The monoisotopic (exact) mass is 305 g/mol. The second kappa shape index (κ2) is 9.08. The van der Waals surface area contributed by atoms with Crippen LogP contribution in [0.15, 0.2) is 42.7 Å². The number of hydrogen-bond donors (Lipinski definition) is 1. The summed E-state index contributed by atoms with van der Waals surface area (Å²) in [5.74, 6) is 0.316. The number of nitrogens with zero attached hydrogens (tertiary/aromatic N) is 2. The molecule has 1 amide bonds. The van der Waals surface area contributed by atoms with Gasteiger partial charge in [0.2, 0.25) is 0 Å². The standard InChI is InChI=1S/C16H19N3O.ClH/c1-2-3-4-7-13-9-11-17-14(12-13)16(20)19-15-8-5-6-10-18-15;/h5-6,8-12H,2-4,7H2,1H3,(H,18,19,20);1H. The lowest BCUT2D eigenvalue weighted by Gasteiger charge is -2.05. The molecular formula is C16H20ClN3O. The van der Waals surface area contributed by atoms with E-state index in [4.69, 9.17) is 0 Å². The van der Waals surface area contributed by atoms with Crippen molar-refractivity contribution in [3.05, 3.63) is 54.0 Å². The van der Waals surface area contributed by atoms with Gasteiger partial charge < -0.3 is 5.32 Å². The number of pyridine rings is 2. The normalized spacial score (nSPS) is 9.76. The number of unbranched alkanes of at least 4 members (excludes halogenated alkanes) is 2. The predicted molar refractivity (Wildman–Crippen MR) is 86.9 cm³/mol. The summed E-state index contributed by atoms with van der Waals surface area (Å²) in [6.07, 6.45) is 7.86. The van der Waals surface area contributed by atoms with E-state index >= 15 is 0 Å². The summed E-state index contributed by atoms with van der Waals surface area (Å²) in [5.41, 5.74) is 1.59. The maximum atomic E-state index is 12.1. The molecule has 5 heteroatoms. The van der Waals surface area contributed by atoms with Crippen molar-refractivity contribution in [3.63, 3.8) is 0 Å². The third kappa shape index (κ3) is 5.52. The van der Waals surface area contributed by atoms with Crippen LogP contribution in [0.4, 0.5) is 5.82 Å². The minimum atomic E-state index is -0.221. The molecule has 112 valence electrons. The molecule has 0 radical (unpaired) electrons. The summed E-state index contributed by atoms with van der Waals surface area (Å²) in [6, 6.07) is 9.21. The summed E-state index contributed by atoms with van der Waals surface area (Å²) in [5, 5.41) is 2.74. The molecular weight excluding hydrogens is 286 g/mol. The molecule has 0 atom stereocenters. The van der Waals surface area contributed by atoms with Crippen LogP contribution < -0.4 is 5.32 Å². The van der Waals surface area contributed by atoms with Gasteiger partial charge in [-0.3, -0.25) is 9.78 Å². The van der Waals surface area contributed by atoms with Crippen molar-refractivity contribution in [1.82, 2.24) is 9.97 Å². The highest BCUT2D eigenvalue weighted by Crippen LogP contribution is 2.09. The van der Waals surface area contributed by atoms with Crippen LogP contribution in [-0.2, 0) is 6.42 Å². The van der Waals surface area contributed by atoms with Gasteiger partial charge in [0, 0.05) is 12.4 Å². The molecule has 0 spiro atoms. The maximum Gasteiger partial charge on any atom is 0.275 e. The Balaban J connectivity index is 0.00000220. The number of rotatable bonds is 6. The van der Waals surface area contributed by atoms with Crippen LogP contribution in [0.2, 0.25) is 0 Å². The van der Waals surface area contributed by atoms with Gasteiger partial charge in [-0.1, -0.05) is 25.8 Å². The molecule has 0 saturated heterocycles. The number of amides is 1. The number of nitrogens with one attached hydrogen (secondary N) is 1. The van der Waals surface area contributed by atoms with E-state index in [9.17, 15) is 4.79 Å². The number of halogens is 1. The SMILES string of the molecule is CCCCCc1ccnc(C(=O)Nc2ccccn2)c1.Cl. The smallest absolute Gasteiger partial charge is 0.275 e. The van der Waals surface area contributed by atoms with E-state index in [1.54, 1.807) is 18.5 Å². The van der Waals surface area contributed by atoms with Crippen molar-refractivity contribution in [2.24, 2.45) is 0 Å². The zero-order valence-corrected chi connectivity index (χ0v) is 12.9. The number of carbonyl (C=O) groups excluding carboxylic acids is 1. The Kier molecular flexibility index (Phi) is 7.40. The molecule has 0 aliphatic carbocycles. The first-order valence-corrected chi connectivity index (χ1v) is 6.97. The van der Waals surface area contributed by atoms with Crippen molar-refractivity contribution in [3.8, 4) is 0 Å². The Morgan fingerprint density at radius 1 is 1.14 bits per heavy atom. The van der Waals surface area contributed by atoms with E-state index in [0.717, 1.165) is 18.4 Å². The quantitative estimate of drug-likeness (QED) is 0.824.